The van der Waals surface area contributed by atoms with Crippen LogP contribution in [0.5, 0.6) is 0 Å². The molecule has 2 heterocycles. The summed E-state index contributed by atoms with van der Waals surface area (Å²) in [6.07, 6.45) is 5.82. The van der Waals surface area contributed by atoms with Crippen LogP contribution in [0.4, 0.5) is 0 Å². The van der Waals surface area contributed by atoms with E-state index in [2.05, 4.69) is 46.3 Å². The van der Waals surface area contributed by atoms with E-state index < -0.39 is 0 Å². The fourth-order valence-corrected chi connectivity index (χ4v) is 2.37. The summed E-state index contributed by atoms with van der Waals surface area (Å²) >= 11 is 0. The molecule has 19 heavy (non-hydrogen) atoms. The fraction of sp³-hybridized carbons (Fsp3) is 0.533. The van der Waals surface area contributed by atoms with Crippen molar-refractivity contribution in [1.29, 1.82) is 0 Å². The fourth-order valence-electron chi connectivity index (χ4n) is 2.37. The van der Waals surface area contributed by atoms with Gasteiger partial charge in [0, 0.05) is 31.5 Å². The summed E-state index contributed by atoms with van der Waals surface area (Å²) in [7, 11) is 2.03. The van der Waals surface area contributed by atoms with Gasteiger partial charge in [0.15, 0.2) is 0 Å². The van der Waals surface area contributed by atoms with Gasteiger partial charge in [-0.2, -0.15) is 5.10 Å². The van der Waals surface area contributed by atoms with E-state index in [0.717, 1.165) is 25.6 Å². The quantitative estimate of drug-likeness (QED) is 0.861. The minimum atomic E-state index is 0.756. The first kappa shape index (κ1) is 12.5. The number of rotatable bonds is 6. The molecule has 0 amide bonds. The zero-order valence-electron chi connectivity index (χ0n) is 11.8. The number of aromatic nitrogens is 3. The number of nitrogens with zero attached hydrogens (tertiary/aromatic N) is 3. The van der Waals surface area contributed by atoms with Gasteiger partial charge < -0.3 is 9.88 Å². The average Bonchev–Trinajstić information content (AvgIpc) is 3.03. The highest BCUT2D eigenvalue weighted by Crippen LogP contribution is 2.19. The normalized spacial score (nSPS) is 15.1. The van der Waals surface area contributed by atoms with E-state index in [1.807, 2.05) is 11.7 Å². The summed E-state index contributed by atoms with van der Waals surface area (Å²) in [5.41, 5.74) is 3.79. The van der Waals surface area contributed by atoms with Gasteiger partial charge in [0.05, 0.1) is 17.9 Å². The molecule has 2 aromatic rings. The molecule has 0 saturated heterocycles. The second-order valence-electron chi connectivity index (χ2n) is 5.39. The number of hydrogen-bond acceptors (Lipinski definition) is 2. The molecule has 0 unspecified atom stereocenters. The number of aryl methyl sites for hydroxylation is 2. The molecule has 0 aliphatic heterocycles. The highest BCUT2D eigenvalue weighted by atomic mass is 15.3. The Morgan fingerprint density at radius 3 is 2.89 bits per heavy atom. The molecule has 0 atom stereocenters. The van der Waals surface area contributed by atoms with Crippen LogP contribution in [0.25, 0.3) is 0 Å². The van der Waals surface area contributed by atoms with E-state index in [-0.39, 0.29) is 0 Å². The predicted molar refractivity (Wildman–Crippen MR) is 76.0 cm³/mol. The van der Waals surface area contributed by atoms with Gasteiger partial charge in [0.25, 0.3) is 0 Å². The molecule has 0 spiro atoms. The highest BCUT2D eigenvalue weighted by Gasteiger charge is 2.20. The molecule has 1 saturated carbocycles. The van der Waals surface area contributed by atoms with Gasteiger partial charge >= 0.3 is 0 Å². The van der Waals surface area contributed by atoms with Crippen molar-refractivity contribution in [3.8, 4) is 0 Å². The molecule has 102 valence electrons. The van der Waals surface area contributed by atoms with E-state index in [4.69, 9.17) is 0 Å². The Hall–Kier alpha value is -1.55. The van der Waals surface area contributed by atoms with Crippen LogP contribution in [0.2, 0.25) is 0 Å². The van der Waals surface area contributed by atoms with Crippen molar-refractivity contribution in [2.75, 3.05) is 0 Å². The van der Waals surface area contributed by atoms with Crippen molar-refractivity contribution in [1.82, 2.24) is 19.7 Å². The first-order valence-electron chi connectivity index (χ1n) is 7.15. The Kier molecular flexibility index (Phi) is 3.42. The molecular formula is C15H22N4. The van der Waals surface area contributed by atoms with Crippen molar-refractivity contribution in [3.63, 3.8) is 0 Å². The van der Waals surface area contributed by atoms with Gasteiger partial charge in [0.1, 0.15) is 0 Å². The van der Waals surface area contributed by atoms with E-state index in [1.54, 1.807) is 0 Å². The molecule has 1 aliphatic rings. The predicted octanol–water partition coefficient (Wildman–Crippen LogP) is 2.08. The summed E-state index contributed by atoms with van der Waals surface area (Å²) < 4.78 is 4.31. The summed E-state index contributed by atoms with van der Waals surface area (Å²) in [6, 6.07) is 7.29. The van der Waals surface area contributed by atoms with Crippen molar-refractivity contribution < 1.29 is 0 Å². The molecule has 0 radical (unpaired) electrons. The SMILES string of the molecule is CCc1cc(Cn2cccc2CNC2CC2)n(C)n1. The van der Waals surface area contributed by atoms with Crippen LogP contribution in [0.15, 0.2) is 24.4 Å². The van der Waals surface area contributed by atoms with Crippen molar-refractivity contribution in [2.45, 2.75) is 45.3 Å². The Morgan fingerprint density at radius 2 is 2.21 bits per heavy atom. The third-order valence-electron chi connectivity index (χ3n) is 3.79. The van der Waals surface area contributed by atoms with Crippen molar-refractivity contribution in [2.24, 2.45) is 7.05 Å². The first-order chi connectivity index (χ1) is 9.26. The van der Waals surface area contributed by atoms with Gasteiger partial charge in [-0.15, -0.1) is 0 Å². The third-order valence-corrected chi connectivity index (χ3v) is 3.79. The number of hydrogen-bond donors (Lipinski definition) is 1. The van der Waals surface area contributed by atoms with Gasteiger partial charge in [-0.1, -0.05) is 6.92 Å². The Bertz CT molecular complexity index is 548. The second kappa shape index (κ2) is 5.21. The summed E-state index contributed by atoms with van der Waals surface area (Å²) in [6.45, 7) is 4.01. The largest absolute Gasteiger partial charge is 0.344 e. The van der Waals surface area contributed by atoms with Gasteiger partial charge in [-0.3, -0.25) is 4.68 Å². The van der Waals surface area contributed by atoms with Crippen LogP contribution in [0, 0.1) is 0 Å². The summed E-state index contributed by atoms with van der Waals surface area (Å²) in [4.78, 5) is 0. The Morgan fingerprint density at radius 1 is 1.37 bits per heavy atom. The maximum atomic E-state index is 4.51. The Balaban J connectivity index is 1.70. The minimum Gasteiger partial charge on any atom is -0.344 e. The van der Waals surface area contributed by atoms with Crippen LogP contribution >= 0.6 is 0 Å². The lowest BCUT2D eigenvalue weighted by Gasteiger charge is -2.10. The molecule has 4 heteroatoms. The molecule has 2 aromatic heterocycles. The molecule has 3 rings (SSSR count). The van der Waals surface area contributed by atoms with E-state index in [9.17, 15) is 0 Å². The van der Waals surface area contributed by atoms with Crippen LogP contribution < -0.4 is 5.32 Å². The molecule has 1 fully saturated rings. The van der Waals surface area contributed by atoms with Gasteiger partial charge in [-0.25, -0.2) is 0 Å². The second-order valence-corrected chi connectivity index (χ2v) is 5.39. The van der Waals surface area contributed by atoms with Gasteiger partial charge in [0.2, 0.25) is 0 Å². The molecule has 1 aliphatic carbocycles. The smallest absolute Gasteiger partial charge is 0.0642 e. The van der Waals surface area contributed by atoms with Crippen LogP contribution in [-0.4, -0.2) is 20.4 Å². The van der Waals surface area contributed by atoms with Crippen molar-refractivity contribution in [3.05, 3.63) is 41.5 Å². The lowest BCUT2D eigenvalue weighted by molar-refractivity contribution is 0.610. The number of nitrogens with one attached hydrogen (secondary N) is 1. The zero-order valence-corrected chi connectivity index (χ0v) is 11.8. The Labute approximate surface area is 114 Å². The maximum absolute atomic E-state index is 4.51. The van der Waals surface area contributed by atoms with E-state index in [1.165, 1.54) is 29.9 Å². The summed E-state index contributed by atoms with van der Waals surface area (Å²) in [5.74, 6) is 0. The molecule has 0 aromatic carbocycles. The highest BCUT2D eigenvalue weighted by molar-refractivity contribution is 5.14. The standard InChI is InChI=1S/C15H22N4/c1-3-12-9-15(18(2)17-12)11-19-8-4-5-14(19)10-16-13-6-7-13/h4-5,8-9,13,16H,3,6-7,10-11H2,1-2H3. The van der Waals surface area contributed by atoms with Crippen molar-refractivity contribution >= 4 is 0 Å². The maximum Gasteiger partial charge on any atom is 0.0642 e. The van der Waals surface area contributed by atoms with Gasteiger partial charge in [-0.05, 0) is 37.5 Å². The molecular weight excluding hydrogens is 236 g/mol. The minimum absolute atomic E-state index is 0.756. The van der Waals surface area contributed by atoms with E-state index >= 15 is 0 Å². The average molecular weight is 258 g/mol. The lowest BCUT2D eigenvalue weighted by Crippen LogP contribution is -2.18. The molecule has 4 nitrogen and oxygen atoms in total. The van der Waals surface area contributed by atoms with Crippen LogP contribution in [0.1, 0.15) is 36.8 Å². The van der Waals surface area contributed by atoms with E-state index in [0.29, 0.717) is 0 Å². The first-order valence-corrected chi connectivity index (χ1v) is 7.15. The summed E-state index contributed by atoms with van der Waals surface area (Å²) in [5, 5.41) is 8.08. The topological polar surface area (TPSA) is 34.8 Å². The zero-order chi connectivity index (χ0) is 13.2. The van der Waals surface area contributed by atoms with Crippen LogP contribution in [0.3, 0.4) is 0 Å². The lowest BCUT2D eigenvalue weighted by atomic mass is 10.3. The molecule has 1 N–H and O–H groups in total. The monoisotopic (exact) mass is 258 g/mol. The third kappa shape index (κ3) is 2.89. The van der Waals surface area contributed by atoms with Crippen LogP contribution in [-0.2, 0) is 26.6 Å². The molecule has 0 bridgehead atoms.